The third-order valence-corrected chi connectivity index (χ3v) is 4.94. The van der Waals surface area contributed by atoms with E-state index >= 15 is 0 Å². The van der Waals surface area contributed by atoms with E-state index in [0.29, 0.717) is 17.0 Å². The normalized spacial score (nSPS) is 14.5. The molecule has 0 unspecified atom stereocenters. The summed E-state index contributed by atoms with van der Waals surface area (Å²) < 4.78 is 1.71. The summed E-state index contributed by atoms with van der Waals surface area (Å²) in [6, 6.07) is 11.6. The molecule has 0 aliphatic carbocycles. The van der Waals surface area contributed by atoms with Crippen LogP contribution in [0.25, 0.3) is 5.65 Å². The van der Waals surface area contributed by atoms with Crippen molar-refractivity contribution in [1.29, 1.82) is 0 Å². The highest BCUT2D eigenvalue weighted by Gasteiger charge is 2.15. The van der Waals surface area contributed by atoms with E-state index in [1.54, 1.807) is 10.7 Å². The van der Waals surface area contributed by atoms with Gasteiger partial charge in [0.15, 0.2) is 11.5 Å². The molecule has 3 heterocycles. The van der Waals surface area contributed by atoms with Crippen molar-refractivity contribution in [2.45, 2.75) is 32.6 Å². The number of rotatable bonds is 3. The van der Waals surface area contributed by atoms with Crippen LogP contribution in [0.4, 0.5) is 11.6 Å². The predicted octanol–water partition coefficient (Wildman–Crippen LogP) is 4.05. The summed E-state index contributed by atoms with van der Waals surface area (Å²) in [5.74, 6) is 1.23. The summed E-state index contributed by atoms with van der Waals surface area (Å²) in [6.07, 6.45) is 7.12. The van der Waals surface area contributed by atoms with Gasteiger partial charge in [0.2, 0.25) is 0 Å². The van der Waals surface area contributed by atoms with Gasteiger partial charge in [-0.25, -0.2) is 9.50 Å². The minimum atomic E-state index is -0.176. The second kappa shape index (κ2) is 7.11. The average molecular weight is 375 g/mol. The molecule has 1 N–H and O–H groups in total. The predicted molar refractivity (Wildman–Crippen MR) is 112 cm³/mol. The molecule has 3 aromatic rings. The maximum atomic E-state index is 12.6. The summed E-state index contributed by atoms with van der Waals surface area (Å²) >= 11 is 0. The van der Waals surface area contributed by atoms with Crippen molar-refractivity contribution in [3.63, 3.8) is 0 Å². The Hall–Kier alpha value is -3.15. The third-order valence-electron chi connectivity index (χ3n) is 4.94. The van der Waals surface area contributed by atoms with E-state index in [1.807, 2.05) is 36.4 Å². The lowest BCUT2D eigenvalue weighted by atomic mass is 9.87. The number of imidazole rings is 1. The van der Waals surface area contributed by atoms with Gasteiger partial charge < -0.3 is 10.2 Å². The molecule has 6 nitrogen and oxygen atoms in total. The Morgan fingerprint density at radius 1 is 1.07 bits per heavy atom. The van der Waals surface area contributed by atoms with Crippen LogP contribution in [0.3, 0.4) is 0 Å². The standard InChI is InChI=1S/C22H25N5O/c1-22(2,3)17-9-7-16(8-10-17)21(28)24-18-15-27-19(23-18)11-12-20(25-27)26-13-5-4-6-14-26/h4-5,7-12,15H,6,13-14H2,1-3H3,(H,24,28). The van der Waals surface area contributed by atoms with Crippen LogP contribution >= 0.6 is 0 Å². The zero-order valence-corrected chi connectivity index (χ0v) is 16.5. The molecule has 2 aromatic heterocycles. The van der Waals surface area contributed by atoms with Crippen molar-refractivity contribution < 1.29 is 4.79 Å². The highest BCUT2D eigenvalue weighted by molar-refractivity contribution is 6.03. The quantitative estimate of drug-likeness (QED) is 0.702. The molecule has 28 heavy (non-hydrogen) atoms. The number of fused-ring (bicyclic) bond motifs is 1. The molecule has 1 aliphatic heterocycles. The van der Waals surface area contributed by atoms with E-state index in [2.05, 4.69) is 53.2 Å². The third kappa shape index (κ3) is 3.76. The van der Waals surface area contributed by atoms with E-state index in [-0.39, 0.29) is 11.3 Å². The minimum absolute atomic E-state index is 0.0597. The number of hydrogen-bond donors (Lipinski definition) is 1. The van der Waals surface area contributed by atoms with Gasteiger partial charge in [-0.15, -0.1) is 5.10 Å². The lowest BCUT2D eigenvalue weighted by Crippen LogP contribution is -2.28. The molecule has 1 aromatic carbocycles. The molecule has 1 aliphatic rings. The van der Waals surface area contributed by atoms with Gasteiger partial charge in [-0.1, -0.05) is 45.1 Å². The smallest absolute Gasteiger partial charge is 0.256 e. The molecule has 0 bridgehead atoms. The fraction of sp³-hybridized carbons (Fsp3) is 0.318. The van der Waals surface area contributed by atoms with E-state index in [4.69, 9.17) is 0 Å². The van der Waals surface area contributed by atoms with Crippen molar-refractivity contribution >= 4 is 23.2 Å². The lowest BCUT2D eigenvalue weighted by Gasteiger charge is -2.23. The fourth-order valence-corrected chi connectivity index (χ4v) is 3.26. The van der Waals surface area contributed by atoms with Crippen LogP contribution in [-0.2, 0) is 5.41 Å². The number of benzene rings is 1. The molecule has 1 amide bonds. The minimum Gasteiger partial charge on any atom is -0.351 e. The molecule has 0 atom stereocenters. The summed E-state index contributed by atoms with van der Waals surface area (Å²) in [5, 5.41) is 7.50. The fourth-order valence-electron chi connectivity index (χ4n) is 3.26. The van der Waals surface area contributed by atoms with Crippen LogP contribution in [0.15, 0.2) is 54.7 Å². The van der Waals surface area contributed by atoms with Crippen LogP contribution in [0.1, 0.15) is 43.1 Å². The molecule has 6 heteroatoms. The Balaban J connectivity index is 1.51. The van der Waals surface area contributed by atoms with Crippen molar-refractivity contribution in [2.24, 2.45) is 0 Å². The molecule has 0 radical (unpaired) electrons. The average Bonchev–Trinajstić information content (AvgIpc) is 3.09. The van der Waals surface area contributed by atoms with Gasteiger partial charge in [0, 0.05) is 18.7 Å². The summed E-state index contributed by atoms with van der Waals surface area (Å²) in [5.41, 5.74) is 2.57. The maximum absolute atomic E-state index is 12.6. The number of carbonyl (C=O) groups excluding carboxylic acids is 1. The molecular formula is C22H25N5O. The SMILES string of the molecule is CC(C)(C)c1ccc(C(=O)Nc2cn3nc(N4CC=CCC4)ccc3n2)cc1. The van der Waals surface area contributed by atoms with Crippen molar-refractivity contribution in [1.82, 2.24) is 14.6 Å². The Morgan fingerprint density at radius 2 is 1.86 bits per heavy atom. The number of nitrogens with zero attached hydrogens (tertiary/aromatic N) is 4. The summed E-state index contributed by atoms with van der Waals surface area (Å²) in [6.45, 7) is 8.28. The van der Waals surface area contributed by atoms with Crippen LogP contribution in [0.2, 0.25) is 0 Å². The first-order valence-corrected chi connectivity index (χ1v) is 9.58. The topological polar surface area (TPSA) is 62.5 Å². The molecule has 0 fully saturated rings. The highest BCUT2D eigenvalue weighted by Crippen LogP contribution is 2.22. The molecule has 144 valence electrons. The Labute approximate surface area is 164 Å². The van der Waals surface area contributed by atoms with Gasteiger partial charge in [0.25, 0.3) is 5.91 Å². The van der Waals surface area contributed by atoms with Crippen LogP contribution < -0.4 is 10.2 Å². The monoisotopic (exact) mass is 375 g/mol. The summed E-state index contributed by atoms with van der Waals surface area (Å²) in [4.78, 5) is 19.2. The number of hydrogen-bond acceptors (Lipinski definition) is 4. The van der Waals surface area contributed by atoms with Gasteiger partial charge in [-0.05, 0) is 41.7 Å². The van der Waals surface area contributed by atoms with E-state index in [0.717, 1.165) is 25.3 Å². The van der Waals surface area contributed by atoms with Gasteiger partial charge >= 0.3 is 0 Å². The zero-order chi connectivity index (χ0) is 19.7. The molecule has 0 saturated carbocycles. The van der Waals surface area contributed by atoms with E-state index < -0.39 is 0 Å². The zero-order valence-electron chi connectivity index (χ0n) is 16.5. The molecule has 0 spiro atoms. The molecule has 0 saturated heterocycles. The summed E-state index contributed by atoms with van der Waals surface area (Å²) in [7, 11) is 0. The molecular weight excluding hydrogens is 350 g/mol. The Morgan fingerprint density at radius 3 is 2.54 bits per heavy atom. The first-order chi connectivity index (χ1) is 13.4. The number of nitrogens with one attached hydrogen (secondary N) is 1. The molecule has 4 rings (SSSR count). The number of anilines is 2. The highest BCUT2D eigenvalue weighted by atomic mass is 16.1. The van der Waals surface area contributed by atoms with E-state index in [1.165, 1.54) is 5.56 Å². The van der Waals surface area contributed by atoms with Crippen LogP contribution in [0.5, 0.6) is 0 Å². The largest absolute Gasteiger partial charge is 0.351 e. The van der Waals surface area contributed by atoms with Gasteiger partial charge in [-0.3, -0.25) is 4.79 Å². The first-order valence-electron chi connectivity index (χ1n) is 9.58. The van der Waals surface area contributed by atoms with Crippen LogP contribution in [0, 0.1) is 0 Å². The van der Waals surface area contributed by atoms with Crippen molar-refractivity contribution in [3.8, 4) is 0 Å². The number of amides is 1. The van der Waals surface area contributed by atoms with Crippen molar-refractivity contribution in [2.75, 3.05) is 23.3 Å². The van der Waals surface area contributed by atoms with Crippen molar-refractivity contribution in [3.05, 3.63) is 65.9 Å². The second-order valence-corrected chi connectivity index (χ2v) is 8.11. The van der Waals surface area contributed by atoms with Gasteiger partial charge in [-0.2, -0.15) is 0 Å². The van der Waals surface area contributed by atoms with E-state index in [9.17, 15) is 4.79 Å². The van der Waals surface area contributed by atoms with Gasteiger partial charge in [0.05, 0.1) is 6.20 Å². The lowest BCUT2D eigenvalue weighted by molar-refractivity contribution is 0.102. The second-order valence-electron chi connectivity index (χ2n) is 8.11. The van der Waals surface area contributed by atoms with Gasteiger partial charge in [0.1, 0.15) is 5.82 Å². The first kappa shape index (κ1) is 18.2. The Kier molecular flexibility index (Phi) is 4.63. The maximum Gasteiger partial charge on any atom is 0.256 e. The Bertz CT molecular complexity index is 1030. The number of aromatic nitrogens is 3. The van der Waals surface area contributed by atoms with Crippen LogP contribution in [-0.4, -0.2) is 33.6 Å². The number of carbonyl (C=O) groups is 1.